The number of hydrogen-bond donors (Lipinski definition) is 2. The van der Waals surface area contributed by atoms with E-state index < -0.39 is 7.60 Å². The fourth-order valence-corrected chi connectivity index (χ4v) is 0.257. The molecule has 0 fully saturated rings. The summed E-state index contributed by atoms with van der Waals surface area (Å²) in [6, 6.07) is 0. The average Bonchev–Trinajstić information content (AvgIpc) is 1.87. The molecule has 0 aliphatic carbocycles. The molecule has 0 unspecified atom stereocenters. The van der Waals surface area contributed by atoms with Crippen LogP contribution in [0.25, 0.3) is 0 Å². The molecule has 4 N–H and O–H groups in total. The molecule has 0 saturated carbocycles. The van der Waals surface area contributed by atoms with Crippen molar-refractivity contribution >= 4 is 7.60 Å². The molecular formula is C2H5N2O3P. The van der Waals surface area contributed by atoms with Crippen LogP contribution in [0.3, 0.4) is 0 Å². The molecule has 0 heterocycles. The molecule has 0 saturated heterocycles. The lowest BCUT2D eigenvalue weighted by molar-refractivity contribution is 0.222. The molecule has 0 radical (unpaired) electrons. The van der Waals surface area contributed by atoms with Gasteiger partial charge in [-0.2, -0.15) is 0 Å². The molecule has 0 aromatic carbocycles. The van der Waals surface area contributed by atoms with Crippen LogP contribution in [0.2, 0.25) is 0 Å². The molecule has 8 heavy (non-hydrogen) atoms. The van der Waals surface area contributed by atoms with Crippen LogP contribution in [0, 0.1) is 12.1 Å². The molecule has 0 atom stereocenters. The first kappa shape index (κ1) is 7.63. The third kappa shape index (κ3) is 1.62. The second-order valence-corrected chi connectivity index (χ2v) is 2.51. The second-order valence-electron chi connectivity index (χ2n) is 0.837. The van der Waals surface area contributed by atoms with Gasteiger partial charge in [0.1, 0.15) is 0 Å². The quantitative estimate of drug-likeness (QED) is 0.305. The molecule has 0 aromatic heterocycles. The van der Waals surface area contributed by atoms with Crippen molar-refractivity contribution in [3.63, 3.8) is 0 Å². The zero-order valence-electron chi connectivity index (χ0n) is 3.90. The van der Waals surface area contributed by atoms with Crippen LogP contribution in [0.4, 0.5) is 0 Å². The Balaban J connectivity index is 4.06. The van der Waals surface area contributed by atoms with E-state index >= 15 is 0 Å². The first-order valence-electron chi connectivity index (χ1n) is 1.53. The van der Waals surface area contributed by atoms with E-state index in [1.54, 1.807) is 5.66 Å². The Morgan fingerprint density at radius 3 is 1.88 bits per heavy atom. The summed E-state index contributed by atoms with van der Waals surface area (Å²) >= 11 is 0. The van der Waals surface area contributed by atoms with Gasteiger partial charge in [0.2, 0.25) is 0 Å². The average molecular weight is 136 g/mol. The molecule has 0 rings (SSSR count). The van der Waals surface area contributed by atoms with Gasteiger partial charge in [0.15, 0.2) is 0 Å². The van der Waals surface area contributed by atoms with E-state index in [0.29, 0.717) is 0 Å². The minimum Gasteiger partial charge on any atom is -0.242 e. The Hall–Kier alpha value is -0.370. The third-order valence-corrected chi connectivity index (χ3v) is 1.31. The van der Waals surface area contributed by atoms with Crippen molar-refractivity contribution in [2.75, 3.05) is 0 Å². The molecule has 0 aliphatic rings. The predicted molar refractivity (Wildman–Crippen MR) is 27.0 cm³/mol. The maximum absolute atomic E-state index is 10.4. The zero-order valence-corrected chi connectivity index (χ0v) is 4.80. The molecular weight excluding hydrogens is 131 g/mol. The van der Waals surface area contributed by atoms with Gasteiger partial charge < -0.3 is 0 Å². The van der Waals surface area contributed by atoms with Gasteiger partial charge in [-0.3, -0.25) is 0 Å². The number of rotatable bonds is 2. The molecule has 46 valence electrons. The topological polar surface area (TPSA) is 87.6 Å². The van der Waals surface area contributed by atoms with Crippen molar-refractivity contribution in [3.8, 4) is 12.1 Å². The molecule has 0 spiro atoms. The van der Waals surface area contributed by atoms with Gasteiger partial charge in [0, 0.05) is 5.66 Å². The Bertz CT molecular complexity index is 142. The minimum atomic E-state index is -3.58. The van der Waals surface area contributed by atoms with E-state index in [0.717, 1.165) is 0 Å². The van der Waals surface area contributed by atoms with Crippen LogP contribution in [-0.2, 0) is 13.8 Å². The van der Waals surface area contributed by atoms with Gasteiger partial charge in [0.25, 0.3) is 0 Å². The Labute approximate surface area is 46.4 Å². The molecule has 0 aromatic rings. The van der Waals surface area contributed by atoms with Crippen LogP contribution in [0.15, 0.2) is 0 Å². The summed E-state index contributed by atoms with van der Waals surface area (Å²) in [5, 5.41) is 0. The molecule has 5 nitrogen and oxygen atoms in total. The highest BCUT2D eigenvalue weighted by atomic mass is 31.2. The van der Waals surface area contributed by atoms with Crippen molar-refractivity contribution in [2.45, 2.75) is 0 Å². The Morgan fingerprint density at radius 1 is 1.50 bits per heavy atom. The summed E-state index contributed by atoms with van der Waals surface area (Å²) in [4.78, 5) is 0. The van der Waals surface area contributed by atoms with Gasteiger partial charge in [-0.1, -0.05) is 0 Å². The highest BCUT2D eigenvalue weighted by Gasteiger charge is 2.17. The van der Waals surface area contributed by atoms with Crippen LogP contribution in [0.1, 0.15) is 0 Å². The SMILES string of the molecule is C#CP(=O)(ON)ON. The van der Waals surface area contributed by atoms with Crippen molar-refractivity contribution in [2.24, 2.45) is 11.8 Å². The monoisotopic (exact) mass is 136 g/mol. The Kier molecular flexibility index (Phi) is 2.69. The van der Waals surface area contributed by atoms with Crippen LogP contribution in [0.5, 0.6) is 0 Å². The molecule has 0 amide bonds. The van der Waals surface area contributed by atoms with Crippen LogP contribution in [-0.4, -0.2) is 0 Å². The number of nitrogens with two attached hydrogens (primary N) is 2. The summed E-state index contributed by atoms with van der Waals surface area (Å²) in [7, 11) is -3.58. The second kappa shape index (κ2) is 2.82. The van der Waals surface area contributed by atoms with Gasteiger partial charge in [-0.05, 0) is 0 Å². The van der Waals surface area contributed by atoms with E-state index in [1.807, 2.05) is 0 Å². The Morgan fingerprint density at radius 2 is 1.88 bits per heavy atom. The molecule has 6 heteroatoms. The summed E-state index contributed by atoms with van der Waals surface area (Å²) in [5.74, 6) is 8.83. The standard InChI is InChI=1S/C2H5N2O3P/c1-2-8(5,6-3)7-4/h1H,3-4H2. The maximum atomic E-state index is 10.4. The summed E-state index contributed by atoms with van der Waals surface area (Å²) in [6.45, 7) is 0. The number of hydrogen-bond acceptors (Lipinski definition) is 5. The first-order chi connectivity index (χ1) is 3.68. The first-order valence-corrected chi connectivity index (χ1v) is 3.07. The fraction of sp³-hybridized carbons (Fsp3) is 0. The predicted octanol–water partition coefficient (Wildman–Crippen LogP) is -0.449. The summed E-state index contributed by atoms with van der Waals surface area (Å²) in [6.07, 6.45) is 4.60. The minimum absolute atomic E-state index is 1.64. The van der Waals surface area contributed by atoms with Gasteiger partial charge in [-0.15, -0.1) is 6.42 Å². The van der Waals surface area contributed by atoms with Crippen LogP contribution < -0.4 is 11.8 Å². The van der Waals surface area contributed by atoms with E-state index in [1.165, 1.54) is 0 Å². The van der Waals surface area contributed by atoms with Gasteiger partial charge >= 0.3 is 7.60 Å². The smallest absolute Gasteiger partial charge is 0.242 e. The van der Waals surface area contributed by atoms with Gasteiger partial charge in [-0.25, -0.2) is 25.6 Å². The van der Waals surface area contributed by atoms with Crippen LogP contribution >= 0.6 is 7.60 Å². The van der Waals surface area contributed by atoms with E-state index in [4.69, 9.17) is 0 Å². The van der Waals surface area contributed by atoms with E-state index in [-0.39, 0.29) is 0 Å². The lowest BCUT2D eigenvalue weighted by Gasteiger charge is -2.00. The molecule has 0 bridgehead atoms. The lowest BCUT2D eigenvalue weighted by atomic mass is 11.4. The fourth-order valence-electron chi connectivity index (χ4n) is 0.0857. The molecule has 0 aliphatic heterocycles. The highest BCUT2D eigenvalue weighted by molar-refractivity contribution is 7.59. The third-order valence-electron chi connectivity index (χ3n) is 0.436. The largest absolute Gasteiger partial charge is 0.437 e. The normalized spacial score (nSPS) is 10.6. The highest BCUT2D eigenvalue weighted by Crippen LogP contribution is 2.41. The van der Waals surface area contributed by atoms with Crippen molar-refractivity contribution < 1.29 is 13.8 Å². The van der Waals surface area contributed by atoms with Gasteiger partial charge in [0.05, 0.1) is 0 Å². The summed E-state index contributed by atoms with van der Waals surface area (Å²) in [5.41, 5.74) is 1.64. The van der Waals surface area contributed by atoms with Crippen molar-refractivity contribution in [1.29, 1.82) is 0 Å². The maximum Gasteiger partial charge on any atom is 0.437 e. The van der Waals surface area contributed by atoms with Crippen molar-refractivity contribution in [3.05, 3.63) is 0 Å². The zero-order chi connectivity index (χ0) is 6.62. The van der Waals surface area contributed by atoms with Crippen molar-refractivity contribution in [1.82, 2.24) is 0 Å². The van der Waals surface area contributed by atoms with E-state index in [2.05, 4.69) is 27.5 Å². The summed E-state index contributed by atoms with van der Waals surface area (Å²) < 4.78 is 17.8. The number of terminal acetylenes is 1. The lowest BCUT2D eigenvalue weighted by Crippen LogP contribution is -2.02. The van der Waals surface area contributed by atoms with E-state index in [9.17, 15) is 4.57 Å².